The number of imide groups is 1. The second-order valence-corrected chi connectivity index (χ2v) is 14.6. The molecule has 1 saturated carbocycles. The minimum Gasteiger partial charge on any atom is -0.504 e. The lowest BCUT2D eigenvalue weighted by Gasteiger charge is -2.55. The maximum absolute atomic E-state index is 15.2. The molecular formula is C42H34INO6. The summed E-state index contributed by atoms with van der Waals surface area (Å²) in [6.07, 6.45) is 3.97. The molecule has 4 aromatic carbocycles. The number of aromatic hydroxyl groups is 1. The fourth-order valence-corrected chi connectivity index (χ4v) is 9.47. The summed E-state index contributed by atoms with van der Waals surface area (Å²) in [6.45, 7) is 2.14. The number of rotatable bonds is 6. The summed E-state index contributed by atoms with van der Waals surface area (Å²) >= 11 is 2.19. The number of Topliss-reactive ketones (excluding diaryl/α,β-unsaturated/α-hetero) is 1. The van der Waals surface area contributed by atoms with E-state index in [1.807, 2.05) is 85.8 Å². The first kappa shape index (κ1) is 32.4. The molecule has 50 heavy (non-hydrogen) atoms. The zero-order valence-electron chi connectivity index (χ0n) is 27.3. The highest BCUT2D eigenvalue weighted by molar-refractivity contribution is 14.1. The molecule has 0 bridgehead atoms. The Kier molecular flexibility index (Phi) is 8.09. The predicted octanol–water partition coefficient (Wildman–Crippen LogP) is 7.42. The predicted molar refractivity (Wildman–Crippen MR) is 197 cm³/mol. The summed E-state index contributed by atoms with van der Waals surface area (Å²) < 4.78 is 6.82. The van der Waals surface area contributed by atoms with E-state index in [1.54, 1.807) is 30.3 Å². The first-order valence-electron chi connectivity index (χ1n) is 17.0. The van der Waals surface area contributed by atoms with Crippen LogP contribution in [0.5, 0.6) is 11.5 Å². The molecule has 0 spiro atoms. The number of carbonyl (C=O) groups excluding carboxylic acids is 4. The van der Waals surface area contributed by atoms with E-state index in [0.717, 1.165) is 9.14 Å². The van der Waals surface area contributed by atoms with Gasteiger partial charge in [0.05, 0.1) is 29.5 Å². The van der Waals surface area contributed by atoms with Gasteiger partial charge in [-0.05, 0) is 95.8 Å². The van der Waals surface area contributed by atoms with E-state index in [4.69, 9.17) is 4.74 Å². The lowest BCUT2D eigenvalue weighted by Crippen LogP contribution is -2.58. The molecule has 3 aliphatic carbocycles. The Balaban J connectivity index is 1.37. The van der Waals surface area contributed by atoms with Crippen molar-refractivity contribution in [3.8, 4) is 11.5 Å². The normalized spacial score (nSPS) is 27.2. The summed E-state index contributed by atoms with van der Waals surface area (Å²) in [5.41, 5.74) is 1.95. The van der Waals surface area contributed by atoms with Gasteiger partial charge in [0.15, 0.2) is 23.1 Å². The highest BCUT2D eigenvalue weighted by atomic mass is 127. The first-order valence-corrected chi connectivity index (χ1v) is 18.0. The van der Waals surface area contributed by atoms with Gasteiger partial charge < -0.3 is 9.84 Å². The van der Waals surface area contributed by atoms with Crippen molar-refractivity contribution in [1.82, 2.24) is 0 Å². The lowest BCUT2D eigenvalue weighted by molar-refractivity contribution is -0.135. The van der Waals surface area contributed by atoms with E-state index in [0.29, 0.717) is 41.0 Å². The summed E-state index contributed by atoms with van der Waals surface area (Å²) in [6, 6.07) is 31.1. The lowest BCUT2D eigenvalue weighted by atomic mass is 9.44. The molecule has 2 amide bonds. The number of ketones is 2. The maximum atomic E-state index is 15.2. The van der Waals surface area contributed by atoms with Crippen LogP contribution in [0, 0.1) is 27.2 Å². The van der Waals surface area contributed by atoms with Crippen LogP contribution < -0.4 is 9.64 Å². The molecule has 4 aromatic rings. The molecule has 1 N–H and O–H groups in total. The molecule has 4 aliphatic rings. The van der Waals surface area contributed by atoms with Crippen LogP contribution in [-0.2, 0) is 24.6 Å². The second kappa shape index (κ2) is 12.5. The number of allylic oxidation sites excluding steroid dienone is 4. The molecule has 250 valence electrons. The van der Waals surface area contributed by atoms with Crippen molar-refractivity contribution in [2.45, 2.75) is 31.1 Å². The standard InChI is InChI=1S/C42H34INO6/c1-2-50-34-15-9-14-30(39(34)47)37-28-20-21-29-36(41(49)44(40(29)48)27-18-16-26(43)17-19-27)32(28)22-33-38(46)31(24-10-5-3-6-11-24)23-35(45)42(33,37)25-12-7-4-8-13-25/h3-20,23,29,32-33,36-37,47H,2,21-22H2,1H3. The quantitative estimate of drug-likeness (QED) is 0.124. The molecule has 6 unspecified atom stereocenters. The molecule has 8 heteroatoms. The minimum absolute atomic E-state index is 0.107. The van der Waals surface area contributed by atoms with Gasteiger partial charge in [-0.3, -0.25) is 24.1 Å². The Morgan fingerprint density at radius 2 is 1.54 bits per heavy atom. The number of para-hydroxylation sites is 1. The van der Waals surface area contributed by atoms with Crippen LogP contribution in [0.3, 0.4) is 0 Å². The first-order chi connectivity index (χ1) is 24.3. The van der Waals surface area contributed by atoms with E-state index >= 15 is 9.59 Å². The van der Waals surface area contributed by atoms with Gasteiger partial charge >= 0.3 is 0 Å². The van der Waals surface area contributed by atoms with E-state index in [9.17, 15) is 14.7 Å². The van der Waals surface area contributed by atoms with Gasteiger partial charge in [0.25, 0.3) is 0 Å². The van der Waals surface area contributed by atoms with Crippen LogP contribution in [0.25, 0.3) is 5.57 Å². The number of benzene rings is 4. The third-order valence-electron chi connectivity index (χ3n) is 11.1. The Hall–Kier alpha value is -4.83. The highest BCUT2D eigenvalue weighted by Crippen LogP contribution is 2.65. The van der Waals surface area contributed by atoms with Crippen molar-refractivity contribution in [2.75, 3.05) is 11.5 Å². The van der Waals surface area contributed by atoms with Crippen LogP contribution in [0.1, 0.15) is 42.4 Å². The summed E-state index contributed by atoms with van der Waals surface area (Å²) in [5, 5.41) is 11.9. The number of phenolic OH excluding ortho intramolecular Hbond substituents is 1. The molecule has 2 fully saturated rings. The van der Waals surface area contributed by atoms with Gasteiger partial charge in [-0.2, -0.15) is 0 Å². The molecule has 0 radical (unpaired) electrons. The number of nitrogens with zero attached hydrogens (tertiary/aromatic N) is 1. The topological polar surface area (TPSA) is 101 Å². The zero-order chi connectivity index (χ0) is 34.7. The number of halogens is 1. The molecular weight excluding hydrogens is 741 g/mol. The Morgan fingerprint density at radius 3 is 2.24 bits per heavy atom. The largest absolute Gasteiger partial charge is 0.504 e. The Labute approximate surface area is 303 Å². The number of fused-ring (bicyclic) bond motifs is 4. The molecule has 6 atom stereocenters. The highest BCUT2D eigenvalue weighted by Gasteiger charge is 2.66. The van der Waals surface area contributed by atoms with Crippen LogP contribution in [0.15, 0.2) is 121 Å². The third-order valence-corrected chi connectivity index (χ3v) is 11.8. The number of phenols is 1. The Bertz CT molecular complexity index is 2110. The summed E-state index contributed by atoms with van der Waals surface area (Å²) in [5.74, 6) is -4.43. The molecule has 8 rings (SSSR count). The van der Waals surface area contributed by atoms with E-state index in [-0.39, 0.29) is 41.3 Å². The maximum Gasteiger partial charge on any atom is 0.238 e. The minimum atomic E-state index is -1.43. The fourth-order valence-electron chi connectivity index (χ4n) is 9.11. The van der Waals surface area contributed by atoms with Crippen LogP contribution in [-0.4, -0.2) is 35.1 Å². The average molecular weight is 776 g/mol. The third kappa shape index (κ3) is 4.75. The SMILES string of the molecule is CCOc1cccc(C2C3=CCC4C(=O)N(c5ccc(I)cc5)C(=O)C4C3CC3C(=O)C(c4ccccc4)=CC(=O)C32c2ccccc2)c1O. The van der Waals surface area contributed by atoms with Crippen LogP contribution >= 0.6 is 22.6 Å². The van der Waals surface area contributed by atoms with Gasteiger partial charge in [-0.15, -0.1) is 0 Å². The molecule has 1 aliphatic heterocycles. The monoisotopic (exact) mass is 775 g/mol. The molecule has 1 heterocycles. The Morgan fingerprint density at radius 1 is 0.840 bits per heavy atom. The molecule has 7 nitrogen and oxygen atoms in total. The number of amides is 2. The van der Waals surface area contributed by atoms with Gasteiger partial charge in [-0.1, -0.05) is 84.4 Å². The van der Waals surface area contributed by atoms with Crippen molar-refractivity contribution in [3.05, 3.63) is 141 Å². The number of carbonyl (C=O) groups is 4. The van der Waals surface area contributed by atoms with Crippen molar-refractivity contribution in [1.29, 1.82) is 0 Å². The number of hydrogen-bond acceptors (Lipinski definition) is 6. The smallest absolute Gasteiger partial charge is 0.238 e. The van der Waals surface area contributed by atoms with Gasteiger partial charge in [0, 0.05) is 26.5 Å². The van der Waals surface area contributed by atoms with Crippen molar-refractivity contribution in [2.24, 2.45) is 23.7 Å². The van der Waals surface area contributed by atoms with Crippen molar-refractivity contribution in [3.63, 3.8) is 0 Å². The van der Waals surface area contributed by atoms with Gasteiger partial charge in [0.2, 0.25) is 11.8 Å². The summed E-state index contributed by atoms with van der Waals surface area (Å²) in [4.78, 5) is 60.1. The average Bonchev–Trinajstić information content (AvgIpc) is 3.40. The van der Waals surface area contributed by atoms with E-state index in [1.165, 1.54) is 11.0 Å². The van der Waals surface area contributed by atoms with Gasteiger partial charge in [-0.25, -0.2) is 0 Å². The number of ether oxygens (including phenoxy) is 1. The second-order valence-electron chi connectivity index (χ2n) is 13.4. The van der Waals surface area contributed by atoms with Crippen molar-refractivity contribution >= 4 is 57.2 Å². The van der Waals surface area contributed by atoms with Gasteiger partial charge in [0.1, 0.15) is 0 Å². The van der Waals surface area contributed by atoms with E-state index < -0.39 is 35.0 Å². The van der Waals surface area contributed by atoms with E-state index in [2.05, 4.69) is 22.6 Å². The number of anilines is 1. The number of hydrogen-bond donors (Lipinski definition) is 1. The van der Waals surface area contributed by atoms with Crippen LogP contribution in [0.2, 0.25) is 0 Å². The van der Waals surface area contributed by atoms with Crippen LogP contribution in [0.4, 0.5) is 5.69 Å². The fraction of sp³-hybridized carbons (Fsp3) is 0.238. The molecule has 1 saturated heterocycles. The van der Waals surface area contributed by atoms with Crippen molar-refractivity contribution < 1.29 is 29.0 Å². The molecule has 0 aromatic heterocycles. The summed E-state index contributed by atoms with van der Waals surface area (Å²) in [7, 11) is 0. The zero-order valence-corrected chi connectivity index (χ0v) is 29.4.